The van der Waals surface area contributed by atoms with Crippen molar-refractivity contribution in [1.82, 2.24) is 5.32 Å². The summed E-state index contributed by atoms with van der Waals surface area (Å²) in [5.74, 6) is 0.165. The zero-order valence-electron chi connectivity index (χ0n) is 16.4. The number of fused-ring (bicyclic) bond motifs is 2. The van der Waals surface area contributed by atoms with E-state index < -0.39 is 18.5 Å². The number of hydrogen-bond acceptors (Lipinski definition) is 7. The summed E-state index contributed by atoms with van der Waals surface area (Å²) < 4.78 is 27.3. The molecule has 0 saturated heterocycles. The van der Waals surface area contributed by atoms with Crippen LogP contribution in [0.5, 0.6) is 11.5 Å². The smallest absolute Gasteiger partial charge is 0.375 e. The van der Waals surface area contributed by atoms with Gasteiger partial charge in [-0.3, -0.25) is 4.79 Å². The molecule has 0 unspecified atom stereocenters. The van der Waals surface area contributed by atoms with Crippen molar-refractivity contribution in [3.05, 3.63) is 59.9 Å². The Hall–Kier alpha value is -3.52. The molecule has 0 aliphatic carbocycles. The number of nitrogens with one attached hydrogen (secondary N) is 1. The normalized spacial score (nSPS) is 15.0. The molecule has 0 bridgehead atoms. The predicted octanol–water partition coefficient (Wildman–Crippen LogP) is 2.69. The van der Waals surface area contributed by atoms with Crippen molar-refractivity contribution in [3.63, 3.8) is 0 Å². The molecular formula is C22H21NO7. The highest BCUT2D eigenvalue weighted by atomic mass is 16.6. The maximum atomic E-state index is 12.5. The first-order chi connectivity index (χ1) is 14.7. The number of hydrogen-bond donors (Lipinski definition) is 1. The lowest BCUT2D eigenvalue weighted by atomic mass is 10.1. The number of furan rings is 1. The van der Waals surface area contributed by atoms with E-state index in [0.717, 1.165) is 5.39 Å². The first-order valence-corrected chi connectivity index (χ1v) is 9.47. The van der Waals surface area contributed by atoms with Gasteiger partial charge in [-0.2, -0.15) is 0 Å². The molecule has 3 aromatic rings. The quantitative estimate of drug-likeness (QED) is 0.597. The topological polar surface area (TPSA) is 96.2 Å². The second kappa shape index (κ2) is 8.87. The highest BCUT2D eigenvalue weighted by molar-refractivity contribution is 5.96. The average Bonchev–Trinajstić information content (AvgIpc) is 3.15. The summed E-state index contributed by atoms with van der Waals surface area (Å²) in [5, 5.41) is 3.45. The summed E-state index contributed by atoms with van der Waals surface area (Å²) in [7, 11) is 1.53. The van der Waals surface area contributed by atoms with E-state index in [1.54, 1.807) is 18.2 Å². The molecule has 8 nitrogen and oxygen atoms in total. The van der Waals surface area contributed by atoms with Crippen molar-refractivity contribution in [2.45, 2.75) is 12.7 Å². The van der Waals surface area contributed by atoms with Crippen molar-refractivity contribution >= 4 is 22.8 Å². The third kappa shape index (κ3) is 4.23. The molecular weight excluding hydrogens is 390 g/mol. The van der Waals surface area contributed by atoms with Gasteiger partial charge in [0.05, 0.1) is 13.2 Å². The first-order valence-electron chi connectivity index (χ1n) is 9.47. The Balaban J connectivity index is 1.31. The van der Waals surface area contributed by atoms with Crippen molar-refractivity contribution in [3.8, 4) is 11.5 Å². The van der Waals surface area contributed by atoms with Gasteiger partial charge in [0.15, 0.2) is 18.1 Å². The number of amides is 1. The summed E-state index contributed by atoms with van der Waals surface area (Å²) in [6.45, 7) is 0.293. The van der Waals surface area contributed by atoms with Gasteiger partial charge >= 0.3 is 5.97 Å². The van der Waals surface area contributed by atoms with Gasteiger partial charge in [-0.15, -0.1) is 0 Å². The highest BCUT2D eigenvalue weighted by Crippen LogP contribution is 2.30. The van der Waals surface area contributed by atoms with Crippen LogP contribution in [0.25, 0.3) is 11.0 Å². The van der Waals surface area contributed by atoms with Crippen LogP contribution in [-0.2, 0) is 20.9 Å². The molecule has 0 fully saturated rings. The Morgan fingerprint density at radius 1 is 1.10 bits per heavy atom. The third-order valence-corrected chi connectivity index (χ3v) is 4.60. The van der Waals surface area contributed by atoms with Crippen LogP contribution in [0.1, 0.15) is 16.1 Å². The van der Waals surface area contributed by atoms with E-state index in [0.29, 0.717) is 29.3 Å². The van der Waals surface area contributed by atoms with E-state index in [9.17, 15) is 9.59 Å². The fourth-order valence-corrected chi connectivity index (χ4v) is 3.19. The number of benzene rings is 2. The Morgan fingerprint density at radius 2 is 1.87 bits per heavy atom. The molecule has 4 rings (SSSR count). The minimum absolute atomic E-state index is 0.0338. The molecule has 0 spiro atoms. The standard InChI is InChI=1S/C22H21NO7/c1-26-12-16-15-6-2-3-7-17(15)30-21(16)22(25)28-13-20(24)23-10-14-11-27-18-8-4-5-9-19(18)29-14/h2-9,14H,10-13H2,1H3,(H,23,24)/t14-/m0/s1. The van der Waals surface area contributed by atoms with Crippen LogP contribution in [0.15, 0.2) is 52.9 Å². The van der Waals surface area contributed by atoms with Crippen molar-refractivity contribution < 1.29 is 33.0 Å². The van der Waals surface area contributed by atoms with E-state index >= 15 is 0 Å². The Morgan fingerprint density at radius 3 is 2.70 bits per heavy atom. The molecule has 1 N–H and O–H groups in total. The van der Waals surface area contributed by atoms with Crippen LogP contribution in [-0.4, -0.2) is 44.8 Å². The summed E-state index contributed by atoms with van der Waals surface area (Å²) in [6, 6.07) is 14.6. The molecule has 1 amide bonds. The summed E-state index contributed by atoms with van der Waals surface area (Å²) in [5.41, 5.74) is 1.14. The molecule has 8 heteroatoms. The fourth-order valence-electron chi connectivity index (χ4n) is 3.19. The number of methoxy groups -OCH3 is 1. The molecule has 1 aliphatic heterocycles. The number of rotatable bonds is 7. The number of carbonyl (C=O) groups is 2. The second-order valence-electron chi connectivity index (χ2n) is 6.72. The van der Waals surface area contributed by atoms with Crippen molar-refractivity contribution in [2.24, 2.45) is 0 Å². The largest absolute Gasteiger partial charge is 0.486 e. The molecule has 30 heavy (non-hydrogen) atoms. The van der Waals surface area contributed by atoms with Gasteiger partial charge in [-0.25, -0.2) is 4.79 Å². The molecule has 1 aromatic heterocycles. The Kier molecular flexibility index (Phi) is 5.85. The van der Waals surface area contributed by atoms with Crippen LogP contribution in [0.3, 0.4) is 0 Å². The zero-order valence-corrected chi connectivity index (χ0v) is 16.4. The Bertz CT molecular complexity index is 1060. The minimum atomic E-state index is -0.723. The molecule has 1 aliphatic rings. The molecule has 156 valence electrons. The van der Waals surface area contributed by atoms with Gasteiger partial charge in [-0.1, -0.05) is 30.3 Å². The maximum absolute atomic E-state index is 12.5. The van der Waals surface area contributed by atoms with Crippen LogP contribution in [0, 0.1) is 0 Å². The van der Waals surface area contributed by atoms with E-state index in [4.69, 9.17) is 23.4 Å². The number of carbonyl (C=O) groups excluding carboxylic acids is 2. The number of esters is 1. The molecule has 2 heterocycles. The Labute approximate surface area is 172 Å². The SMILES string of the molecule is COCc1c(C(=O)OCC(=O)NC[C@H]2COc3ccccc3O2)oc2ccccc12. The third-order valence-electron chi connectivity index (χ3n) is 4.60. The molecule has 0 radical (unpaired) electrons. The van der Waals surface area contributed by atoms with Gasteiger partial charge in [0.25, 0.3) is 5.91 Å². The number of ether oxygens (including phenoxy) is 4. The van der Waals surface area contributed by atoms with Gasteiger partial charge in [0.2, 0.25) is 5.76 Å². The minimum Gasteiger partial charge on any atom is -0.486 e. The van der Waals surface area contributed by atoms with Gasteiger partial charge in [-0.05, 0) is 18.2 Å². The van der Waals surface area contributed by atoms with Crippen LogP contribution < -0.4 is 14.8 Å². The van der Waals surface area contributed by atoms with E-state index in [1.807, 2.05) is 30.3 Å². The average molecular weight is 411 g/mol. The van der Waals surface area contributed by atoms with Crippen LogP contribution in [0.2, 0.25) is 0 Å². The van der Waals surface area contributed by atoms with Crippen LogP contribution >= 0.6 is 0 Å². The summed E-state index contributed by atoms with van der Waals surface area (Å²) in [6.07, 6.45) is -0.330. The summed E-state index contributed by atoms with van der Waals surface area (Å²) in [4.78, 5) is 24.6. The van der Waals surface area contributed by atoms with Gasteiger partial charge in [0, 0.05) is 18.1 Å². The predicted molar refractivity (Wildman–Crippen MR) is 107 cm³/mol. The maximum Gasteiger partial charge on any atom is 0.375 e. The number of para-hydroxylation sites is 3. The van der Waals surface area contributed by atoms with E-state index in [-0.39, 0.29) is 25.0 Å². The molecule has 2 aromatic carbocycles. The van der Waals surface area contributed by atoms with Crippen molar-refractivity contribution in [1.29, 1.82) is 0 Å². The lowest BCUT2D eigenvalue weighted by Gasteiger charge is -2.26. The molecule has 0 saturated carbocycles. The highest BCUT2D eigenvalue weighted by Gasteiger charge is 2.24. The van der Waals surface area contributed by atoms with Crippen molar-refractivity contribution in [2.75, 3.05) is 26.9 Å². The first kappa shape index (κ1) is 19.8. The lowest BCUT2D eigenvalue weighted by molar-refractivity contribution is -0.124. The fraction of sp³-hybridized carbons (Fsp3) is 0.273. The monoisotopic (exact) mass is 411 g/mol. The van der Waals surface area contributed by atoms with E-state index in [1.165, 1.54) is 7.11 Å². The molecule has 1 atom stereocenters. The second-order valence-corrected chi connectivity index (χ2v) is 6.72. The van der Waals surface area contributed by atoms with Crippen LogP contribution in [0.4, 0.5) is 0 Å². The van der Waals surface area contributed by atoms with Gasteiger partial charge in [0.1, 0.15) is 18.3 Å². The van der Waals surface area contributed by atoms with Gasteiger partial charge < -0.3 is 28.7 Å². The summed E-state index contributed by atoms with van der Waals surface area (Å²) >= 11 is 0. The van der Waals surface area contributed by atoms with E-state index in [2.05, 4.69) is 5.32 Å². The lowest BCUT2D eigenvalue weighted by Crippen LogP contribution is -2.42. The zero-order chi connectivity index (χ0) is 20.9.